The number of piperidine rings is 1. The molecule has 4 rings (SSSR count). The van der Waals surface area contributed by atoms with Crippen molar-refractivity contribution in [3.05, 3.63) is 34.9 Å². The zero-order chi connectivity index (χ0) is 19.7. The summed E-state index contributed by atoms with van der Waals surface area (Å²) in [5, 5.41) is 5.87. The Balaban J connectivity index is 1.46. The summed E-state index contributed by atoms with van der Waals surface area (Å²) in [7, 11) is 0. The van der Waals surface area contributed by atoms with Crippen molar-refractivity contribution < 1.29 is 14.4 Å². The van der Waals surface area contributed by atoms with Gasteiger partial charge >= 0.3 is 0 Å². The van der Waals surface area contributed by atoms with E-state index < -0.39 is 6.04 Å². The first-order valence-corrected chi connectivity index (χ1v) is 10.2. The molecule has 1 aromatic rings. The molecule has 1 aliphatic carbocycles. The lowest BCUT2D eigenvalue weighted by atomic mass is 9.86. The van der Waals surface area contributed by atoms with Gasteiger partial charge < -0.3 is 16.0 Å². The van der Waals surface area contributed by atoms with Gasteiger partial charge in [0.15, 0.2) is 0 Å². The Bertz CT molecular complexity index is 801. The molecule has 2 fully saturated rings. The molecule has 0 radical (unpaired) electrons. The first-order chi connectivity index (χ1) is 13.5. The maximum Gasteiger partial charge on any atom is 0.255 e. The fourth-order valence-corrected chi connectivity index (χ4v) is 4.88. The molecule has 1 atom stereocenters. The van der Waals surface area contributed by atoms with Crippen LogP contribution in [0.25, 0.3) is 0 Å². The van der Waals surface area contributed by atoms with Crippen LogP contribution in [0.2, 0.25) is 0 Å². The minimum absolute atomic E-state index is 0.115. The van der Waals surface area contributed by atoms with Crippen molar-refractivity contribution in [1.29, 1.82) is 0 Å². The fourth-order valence-electron chi connectivity index (χ4n) is 4.88. The van der Waals surface area contributed by atoms with E-state index in [1.165, 1.54) is 12.8 Å². The summed E-state index contributed by atoms with van der Waals surface area (Å²) in [5.41, 5.74) is 8.81. The number of hydrogen-bond acceptors (Lipinski definition) is 5. The number of nitrogens with zero attached hydrogens (tertiary/aromatic N) is 1. The highest BCUT2D eigenvalue weighted by Gasteiger charge is 2.40. The topological polar surface area (TPSA) is 105 Å². The van der Waals surface area contributed by atoms with Crippen LogP contribution >= 0.6 is 0 Å². The molecule has 3 amide bonds. The molecule has 2 aliphatic heterocycles. The molecule has 150 valence electrons. The van der Waals surface area contributed by atoms with Gasteiger partial charge in [-0.05, 0) is 42.3 Å². The number of benzene rings is 1. The Morgan fingerprint density at radius 1 is 1.21 bits per heavy atom. The lowest BCUT2D eigenvalue weighted by Gasteiger charge is -2.29. The molecule has 7 heteroatoms. The van der Waals surface area contributed by atoms with Gasteiger partial charge in [0, 0.05) is 31.6 Å². The van der Waals surface area contributed by atoms with Gasteiger partial charge in [-0.3, -0.25) is 19.7 Å². The van der Waals surface area contributed by atoms with Gasteiger partial charge in [-0.2, -0.15) is 0 Å². The summed E-state index contributed by atoms with van der Waals surface area (Å²) in [6.45, 7) is 2.58. The maximum atomic E-state index is 13.1. The molecular formula is C21H28N4O3. The van der Waals surface area contributed by atoms with Crippen LogP contribution < -0.4 is 16.4 Å². The predicted molar refractivity (Wildman–Crippen MR) is 104 cm³/mol. The van der Waals surface area contributed by atoms with Crippen molar-refractivity contribution in [3.63, 3.8) is 0 Å². The summed E-state index contributed by atoms with van der Waals surface area (Å²) < 4.78 is 0. The molecule has 0 spiro atoms. The van der Waals surface area contributed by atoms with Gasteiger partial charge in [0.25, 0.3) is 5.91 Å². The van der Waals surface area contributed by atoms with Gasteiger partial charge in [-0.15, -0.1) is 0 Å². The fraction of sp³-hybridized carbons (Fsp3) is 0.571. The van der Waals surface area contributed by atoms with Gasteiger partial charge in [0.1, 0.15) is 6.04 Å². The second-order valence-corrected chi connectivity index (χ2v) is 8.37. The van der Waals surface area contributed by atoms with E-state index in [-0.39, 0.29) is 29.6 Å². The third-order valence-electron chi connectivity index (χ3n) is 6.55. The van der Waals surface area contributed by atoms with E-state index in [1.807, 2.05) is 18.2 Å². The third-order valence-corrected chi connectivity index (χ3v) is 6.55. The molecule has 4 N–H and O–H groups in total. The molecular weight excluding hydrogens is 356 g/mol. The van der Waals surface area contributed by atoms with E-state index >= 15 is 0 Å². The minimum Gasteiger partial charge on any atom is -0.330 e. The standard InChI is InChI=1S/C21H28N4O3/c22-12-21(8-1-2-9-21)13-23-10-14-4-3-5-15-11-25(20(28)18(14)15)16-6-7-17(26)24-19(16)27/h3-5,16,23H,1-2,6-13,22H2,(H,24,26,27). The Morgan fingerprint density at radius 2 is 2.00 bits per heavy atom. The highest BCUT2D eigenvalue weighted by Crippen LogP contribution is 2.36. The van der Waals surface area contributed by atoms with Gasteiger partial charge in [0.05, 0.1) is 0 Å². The van der Waals surface area contributed by atoms with Crippen LogP contribution in [0.15, 0.2) is 18.2 Å². The number of nitrogens with two attached hydrogens (primary N) is 1. The molecule has 1 saturated carbocycles. The molecule has 0 bridgehead atoms. The number of hydrogen-bond donors (Lipinski definition) is 3. The van der Waals surface area contributed by atoms with Gasteiger partial charge in [-0.25, -0.2) is 0 Å². The van der Waals surface area contributed by atoms with Gasteiger partial charge in [0.2, 0.25) is 11.8 Å². The SMILES string of the molecule is NCC1(CNCc2cccc3c2C(=O)N(C2CCC(=O)NC2=O)C3)CCCC1. The zero-order valence-electron chi connectivity index (χ0n) is 16.1. The lowest BCUT2D eigenvalue weighted by molar-refractivity contribution is -0.136. The van der Waals surface area contributed by atoms with Crippen LogP contribution in [0.1, 0.15) is 60.0 Å². The highest BCUT2D eigenvalue weighted by molar-refractivity contribution is 6.05. The number of fused-ring (bicyclic) bond motifs is 1. The van der Waals surface area contributed by atoms with Crippen molar-refractivity contribution in [2.75, 3.05) is 13.1 Å². The first kappa shape index (κ1) is 19.1. The van der Waals surface area contributed by atoms with Crippen molar-refractivity contribution in [1.82, 2.24) is 15.5 Å². The number of nitrogens with one attached hydrogen (secondary N) is 2. The first-order valence-electron chi connectivity index (χ1n) is 10.2. The number of amides is 3. The van der Waals surface area contributed by atoms with Crippen LogP contribution in [0.3, 0.4) is 0 Å². The number of imide groups is 1. The van der Waals surface area contributed by atoms with E-state index in [9.17, 15) is 14.4 Å². The van der Waals surface area contributed by atoms with E-state index in [0.29, 0.717) is 31.6 Å². The van der Waals surface area contributed by atoms with Crippen LogP contribution in [-0.4, -0.2) is 41.8 Å². The zero-order valence-corrected chi connectivity index (χ0v) is 16.1. The second kappa shape index (κ2) is 7.64. The van der Waals surface area contributed by atoms with Crippen LogP contribution in [-0.2, 0) is 22.7 Å². The summed E-state index contributed by atoms with van der Waals surface area (Å²) >= 11 is 0. The van der Waals surface area contributed by atoms with Crippen molar-refractivity contribution in [3.8, 4) is 0 Å². The van der Waals surface area contributed by atoms with Crippen molar-refractivity contribution in [2.45, 2.75) is 57.7 Å². The second-order valence-electron chi connectivity index (χ2n) is 8.37. The predicted octanol–water partition coefficient (Wildman–Crippen LogP) is 1.06. The number of carbonyl (C=O) groups is 3. The number of carbonyl (C=O) groups excluding carboxylic acids is 3. The molecule has 1 aromatic carbocycles. The van der Waals surface area contributed by atoms with E-state index in [0.717, 1.165) is 30.5 Å². The third kappa shape index (κ3) is 3.44. The normalized spacial score (nSPS) is 23.8. The Kier molecular flexibility index (Phi) is 5.21. The lowest BCUT2D eigenvalue weighted by Crippen LogP contribution is -2.52. The molecule has 1 unspecified atom stereocenters. The molecule has 2 heterocycles. The van der Waals surface area contributed by atoms with Crippen molar-refractivity contribution in [2.24, 2.45) is 11.1 Å². The van der Waals surface area contributed by atoms with Crippen LogP contribution in [0.4, 0.5) is 0 Å². The van der Waals surface area contributed by atoms with Crippen LogP contribution in [0, 0.1) is 5.41 Å². The Morgan fingerprint density at radius 3 is 2.71 bits per heavy atom. The van der Waals surface area contributed by atoms with E-state index in [4.69, 9.17) is 5.73 Å². The van der Waals surface area contributed by atoms with E-state index in [2.05, 4.69) is 10.6 Å². The largest absolute Gasteiger partial charge is 0.330 e. The summed E-state index contributed by atoms with van der Waals surface area (Å²) in [6.07, 6.45) is 5.44. The summed E-state index contributed by atoms with van der Waals surface area (Å²) in [6, 6.07) is 5.31. The van der Waals surface area contributed by atoms with E-state index in [1.54, 1.807) is 4.90 Å². The Labute approximate surface area is 165 Å². The quantitative estimate of drug-likeness (QED) is 0.636. The summed E-state index contributed by atoms with van der Waals surface area (Å²) in [4.78, 5) is 38.3. The van der Waals surface area contributed by atoms with Crippen molar-refractivity contribution >= 4 is 17.7 Å². The smallest absolute Gasteiger partial charge is 0.255 e. The number of rotatable bonds is 6. The molecule has 28 heavy (non-hydrogen) atoms. The average molecular weight is 384 g/mol. The monoisotopic (exact) mass is 384 g/mol. The minimum atomic E-state index is -0.572. The maximum absolute atomic E-state index is 13.1. The van der Waals surface area contributed by atoms with Crippen LogP contribution in [0.5, 0.6) is 0 Å². The molecule has 1 saturated heterocycles. The summed E-state index contributed by atoms with van der Waals surface area (Å²) in [5.74, 6) is -0.754. The van der Waals surface area contributed by atoms with Gasteiger partial charge in [-0.1, -0.05) is 31.0 Å². The molecule has 0 aromatic heterocycles. The molecule has 7 nitrogen and oxygen atoms in total. The highest BCUT2D eigenvalue weighted by atomic mass is 16.2. The Hall–Kier alpha value is -2.25. The average Bonchev–Trinajstić information content (AvgIpc) is 3.28. The molecule has 3 aliphatic rings.